The van der Waals surface area contributed by atoms with Gasteiger partial charge in [-0.25, -0.2) is 0 Å². The highest BCUT2D eigenvalue weighted by molar-refractivity contribution is 8.00. The second kappa shape index (κ2) is 7.39. The maximum Gasteiger partial charge on any atom is 0.251 e. The summed E-state index contributed by atoms with van der Waals surface area (Å²) in [5, 5.41) is 5.78. The van der Waals surface area contributed by atoms with E-state index in [4.69, 9.17) is 0 Å². The summed E-state index contributed by atoms with van der Waals surface area (Å²) >= 11 is 1.53. The molecule has 23 heavy (non-hydrogen) atoms. The smallest absolute Gasteiger partial charge is 0.251 e. The fourth-order valence-electron chi connectivity index (χ4n) is 3.34. The van der Waals surface area contributed by atoms with Crippen LogP contribution in [0.2, 0.25) is 0 Å². The minimum atomic E-state index is -0.0854. The summed E-state index contributed by atoms with van der Waals surface area (Å²) < 4.78 is 0. The predicted molar refractivity (Wildman–Crippen MR) is 93.9 cm³/mol. The van der Waals surface area contributed by atoms with E-state index in [9.17, 15) is 9.59 Å². The average molecular weight is 332 g/mol. The van der Waals surface area contributed by atoms with Crippen molar-refractivity contribution in [1.82, 2.24) is 5.32 Å². The van der Waals surface area contributed by atoms with Crippen LogP contribution in [0, 0.1) is 5.92 Å². The molecule has 0 radical (unpaired) electrons. The zero-order chi connectivity index (χ0) is 16.2. The Balaban J connectivity index is 1.51. The van der Waals surface area contributed by atoms with E-state index < -0.39 is 0 Å². The Kier molecular flexibility index (Phi) is 5.26. The first-order valence-corrected chi connectivity index (χ1v) is 9.41. The molecule has 2 aliphatic rings. The Hall–Kier alpha value is -1.49. The number of amides is 2. The van der Waals surface area contributed by atoms with Gasteiger partial charge in [-0.05, 0) is 43.9 Å². The monoisotopic (exact) mass is 332 g/mol. The second-order valence-electron chi connectivity index (χ2n) is 6.51. The molecule has 3 rings (SSSR count). The molecule has 2 N–H and O–H groups in total. The van der Waals surface area contributed by atoms with E-state index in [1.807, 2.05) is 19.1 Å². The minimum Gasteiger partial charge on any atom is -0.352 e. The highest BCUT2D eigenvalue weighted by Gasteiger charge is 2.23. The van der Waals surface area contributed by atoms with Gasteiger partial charge in [0.05, 0.1) is 10.9 Å². The third-order valence-electron chi connectivity index (χ3n) is 4.72. The molecule has 1 saturated carbocycles. The zero-order valence-electron chi connectivity index (χ0n) is 13.6. The van der Waals surface area contributed by atoms with Gasteiger partial charge >= 0.3 is 0 Å². The van der Waals surface area contributed by atoms with Gasteiger partial charge in [-0.3, -0.25) is 9.59 Å². The van der Waals surface area contributed by atoms with Crippen LogP contribution < -0.4 is 10.6 Å². The van der Waals surface area contributed by atoms with Crippen LogP contribution >= 0.6 is 11.8 Å². The first-order valence-electron chi connectivity index (χ1n) is 8.53. The number of benzene rings is 1. The highest BCUT2D eigenvalue weighted by Crippen LogP contribution is 2.35. The van der Waals surface area contributed by atoms with Gasteiger partial charge in [0.25, 0.3) is 5.91 Å². The summed E-state index contributed by atoms with van der Waals surface area (Å²) in [6.07, 6.45) is 7.71. The van der Waals surface area contributed by atoms with E-state index in [0.717, 1.165) is 29.5 Å². The second-order valence-corrected chi connectivity index (χ2v) is 7.89. The van der Waals surface area contributed by atoms with Crippen molar-refractivity contribution >= 4 is 29.3 Å². The number of hydrogen-bond acceptors (Lipinski definition) is 3. The predicted octanol–water partition coefficient (Wildman–Crippen LogP) is 3.82. The normalized spacial score (nSPS) is 20.9. The van der Waals surface area contributed by atoms with Crippen LogP contribution in [0.3, 0.4) is 0 Å². The number of hydrogen-bond donors (Lipinski definition) is 2. The Morgan fingerprint density at radius 3 is 2.91 bits per heavy atom. The minimum absolute atomic E-state index is 0.00313. The lowest BCUT2D eigenvalue weighted by Gasteiger charge is -2.21. The molecule has 0 saturated heterocycles. The van der Waals surface area contributed by atoms with Crippen molar-refractivity contribution in [2.45, 2.75) is 55.6 Å². The molecule has 1 atom stereocenters. The largest absolute Gasteiger partial charge is 0.352 e. The number of carbonyl (C=O) groups excluding carboxylic acids is 2. The van der Waals surface area contributed by atoms with E-state index in [1.54, 1.807) is 6.07 Å². The van der Waals surface area contributed by atoms with Crippen LogP contribution in [0.25, 0.3) is 0 Å². The van der Waals surface area contributed by atoms with Gasteiger partial charge in [-0.2, -0.15) is 0 Å². The molecule has 5 heteroatoms. The zero-order valence-corrected chi connectivity index (χ0v) is 14.4. The fourth-order valence-corrected chi connectivity index (χ4v) is 4.27. The van der Waals surface area contributed by atoms with Crippen molar-refractivity contribution in [2.24, 2.45) is 5.92 Å². The van der Waals surface area contributed by atoms with E-state index in [1.165, 1.54) is 43.9 Å². The quantitative estimate of drug-likeness (QED) is 0.806. The summed E-state index contributed by atoms with van der Waals surface area (Å²) in [4.78, 5) is 25.0. The molecule has 1 unspecified atom stereocenters. The molecular formula is C18H24N2O2S. The first kappa shape index (κ1) is 16.4. The van der Waals surface area contributed by atoms with Gasteiger partial charge in [0.2, 0.25) is 5.91 Å². The molecule has 4 nitrogen and oxygen atoms in total. The van der Waals surface area contributed by atoms with E-state index in [0.29, 0.717) is 5.56 Å². The van der Waals surface area contributed by atoms with Gasteiger partial charge in [-0.1, -0.05) is 25.7 Å². The Labute approximate surface area is 141 Å². The maximum atomic E-state index is 12.2. The molecular weight excluding hydrogens is 308 g/mol. The summed E-state index contributed by atoms with van der Waals surface area (Å²) in [6, 6.07) is 5.53. The van der Waals surface area contributed by atoms with Crippen LogP contribution in [-0.4, -0.2) is 23.6 Å². The molecule has 1 heterocycles. The van der Waals surface area contributed by atoms with Crippen LogP contribution in [0.4, 0.5) is 5.69 Å². The molecule has 0 spiro atoms. The molecule has 124 valence electrons. The van der Waals surface area contributed by atoms with Crippen molar-refractivity contribution in [3.63, 3.8) is 0 Å². The van der Waals surface area contributed by atoms with Gasteiger partial charge in [0.1, 0.15) is 0 Å². The van der Waals surface area contributed by atoms with Gasteiger partial charge in [0.15, 0.2) is 0 Å². The molecule has 1 aliphatic carbocycles. The summed E-state index contributed by atoms with van der Waals surface area (Å²) in [5.74, 6) is 0.804. The van der Waals surface area contributed by atoms with E-state index in [-0.39, 0.29) is 17.1 Å². The number of thioether (sulfide) groups is 1. The standard InChI is InChI=1S/C18H24N2O2S/c1-12-17(21)20-15-11-14(8-9-16(15)23-12)18(22)19-10-4-7-13-5-2-3-6-13/h8-9,11-13H,2-7,10H2,1H3,(H,19,22)(H,20,21). The average Bonchev–Trinajstić information content (AvgIpc) is 3.05. The summed E-state index contributed by atoms with van der Waals surface area (Å²) in [7, 11) is 0. The number of rotatable bonds is 5. The molecule has 0 bridgehead atoms. The van der Waals surface area contributed by atoms with Gasteiger partial charge in [0, 0.05) is 17.0 Å². The Morgan fingerprint density at radius 2 is 2.13 bits per heavy atom. The number of nitrogens with one attached hydrogen (secondary N) is 2. The van der Waals surface area contributed by atoms with Crippen molar-refractivity contribution in [1.29, 1.82) is 0 Å². The lowest BCUT2D eigenvalue weighted by atomic mass is 10.0. The molecule has 1 fully saturated rings. The molecule has 1 aromatic carbocycles. The maximum absolute atomic E-state index is 12.2. The van der Waals surface area contributed by atoms with Gasteiger partial charge < -0.3 is 10.6 Å². The van der Waals surface area contributed by atoms with Crippen LogP contribution in [0.1, 0.15) is 55.8 Å². The van der Waals surface area contributed by atoms with Crippen molar-refractivity contribution in [2.75, 3.05) is 11.9 Å². The first-order chi connectivity index (χ1) is 11.1. The molecule has 0 aromatic heterocycles. The lowest BCUT2D eigenvalue weighted by molar-refractivity contribution is -0.115. The van der Waals surface area contributed by atoms with Crippen LogP contribution in [0.5, 0.6) is 0 Å². The van der Waals surface area contributed by atoms with Crippen molar-refractivity contribution in [3.05, 3.63) is 23.8 Å². The van der Waals surface area contributed by atoms with Crippen molar-refractivity contribution < 1.29 is 9.59 Å². The molecule has 1 aliphatic heterocycles. The highest BCUT2D eigenvalue weighted by atomic mass is 32.2. The third kappa shape index (κ3) is 4.08. The number of carbonyl (C=O) groups is 2. The SMILES string of the molecule is CC1Sc2ccc(C(=O)NCCCC3CCCC3)cc2NC1=O. The van der Waals surface area contributed by atoms with Crippen molar-refractivity contribution in [3.8, 4) is 0 Å². The third-order valence-corrected chi connectivity index (χ3v) is 5.90. The summed E-state index contributed by atoms with van der Waals surface area (Å²) in [6.45, 7) is 2.61. The van der Waals surface area contributed by atoms with Crippen LogP contribution in [0.15, 0.2) is 23.1 Å². The summed E-state index contributed by atoms with van der Waals surface area (Å²) in [5.41, 5.74) is 1.36. The van der Waals surface area contributed by atoms with Gasteiger partial charge in [-0.15, -0.1) is 11.8 Å². The Morgan fingerprint density at radius 1 is 1.35 bits per heavy atom. The molecule has 2 amide bonds. The molecule has 1 aromatic rings. The Bertz CT molecular complexity index is 597. The van der Waals surface area contributed by atoms with Crippen LogP contribution in [-0.2, 0) is 4.79 Å². The lowest BCUT2D eigenvalue weighted by Crippen LogP contribution is -2.28. The topological polar surface area (TPSA) is 58.2 Å². The fraction of sp³-hybridized carbons (Fsp3) is 0.556. The number of fused-ring (bicyclic) bond motifs is 1. The van der Waals surface area contributed by atoms with E-state index in [2.05, 4.69) is 10.6 Å². The number of anilines is 1. The van der Waals surface area contributed by atoms with E-state index >= 15 is 0 Å².